The van der Waals surface area contributed by atoms with Crippen molar-refractivity contribution in [3.05, 3.63) is 89.1 Å². The Balaban J connectivity index is 1.00. The van der Waals surface area contributed by atoms with Crippen LogP contribution in [0.3, 0.4) is 0 Å². The first-order valence-electron chi connectivity index (χ1n) is 16.0. The van der Waals surface area contributed by atoms with Crippen LogP contribution in [0.2, 0.25) is 0 Å². The molecule has 7 nitrogen and oxygen atoms in total. The molecule has 3 aromatic carbocycles. The zero-order valence-electron chi connectivity index (χ0n) is 25.9. The Labute approximate surface area is 266 Å². The molecule has 10 heteroatoms. The molecule has 3 heterocycles. The molecule has 6 rings (SSSR count). The van der Waals surface area contributed by atoms with Crippen LogP contribution in [0.4, 0.5) is 13.2 Å². The number of amides is 1. The molecule has 2 fully saturated rings. The first-order valence-corrected chi connectivity index (χ1v) is 16.0. The molecule has 2 saturated heterocycles. The van der Waals surface area contributed by atoms with Crippen LogP contribution in [-0.2, 0) is 17.5 Å². The highest BCUT2D eigenvalue weighted by molar-refractivity contribution is 6.01. The predicted octanol–water partition coefficient (Wildman–Crippen LogP) is 8.24. The number of piperidine rings is 1. The Morgan fingerprint density at radius 1 is 0.935 bits per heavy atom. The number of ketones is 1. The lowest BCUT2D eigenvalue weighted by Gasteiger charge is -2.32. The summed E-state index contributed by atoms with van der Waals surface area (Å²) in [5.74, 6) is 1.17. The SMILES string of the molecule is Cc1c(C(=O)CC[C@H]2CCCCO2)ccc2nn(CC3CCN(C(=O)c4ccc(Oc5ccc(C(F)(F)F)cc5)cc4)CC3)cc12. The van der Waals surface area contributed by atoms with Gasteiger partial charge < -0.3 is 14.4 Å². The molecule has 0 aliphatic carbocycles. The summed E-state index contributed by atoms with van der Waals surface area (Å²) in [4.78, 5) is 28.1. The smallest absolute Gasteiger partial charge is 0.416 e. The summed E-state index contributed by atoms with van der Waals surface area (Å²) < 4.78 is 51.8. The first-order chi connectivity index (χ1) is 22.1. The van der Waals surface area contributed by atoms with Gasteiger partial charge in [-0.2, -0.15) is 18.3 Å². The number of aryl methyl sites for hydroxylation is 1. The number of fused-ring (bicyclic) bond motifs is 1. The van der Waals surface area contributed by atoms with Crippen LogP contribution in [0, 0.1) is 12.8 Å². The topological polar surface area (TPSA) is 73.7 Å². The summed E-state index contributed by atoms with van der Waals surface area (Å²) in [6.07, 6.45) is 4.09. The van der Waals surface area contributed by atoms with Crippen molar-refractivity contribution >= 4 is 22.6 Å². The third-order valence-corrected chi connectivity index (χ3v) is 9.14. The number of carbonyl (C=O) groups excluding carboxylic acids is 2. The Bertz CT molecular complexity index is 1670. The maximum absolute atomic E-state index is 13.2. The standard InChI is InChI=1S/C36H38F3N3O4/c1-24-31(34(43)16-13-28-4-2-3-21-45-28)14-15-33-32(24)23-42(40-33)22-25-17-19-41(20-18-25)35(44)26-5-9-29(10-6-26)46-30-11-7-27(8-12-30)36(37,38)39/h5-12,14-15,23,25,28H,2-4,13,16-22H2,1H3/t28-/m1/s1. The average molecular weight is 634 g/mol. The first kappa shape index (κ1) is 31.8. The average Bonchev–Trinajstić information content (AvgIpc) is 3.48. The lowest BCUT2D eigenvalue weighted by Crippen LogP contribution is -2.39. The van der Waals surface area contributed by atoms with Crippen LogP contribution in [-0.4, -0.2) is 52.2 Å². The van der Waals surface area contributed by atoms with Gasteiger partial charge in [0.2, 0.25) is 0 Å². The van der Waals surface area contributed by atoms with Crippen molar-refractivity contribution in [2.75, 3.05) is 19.7 Å². The fraction of sp³-hybridized carbons (Fsp3) is 0.417. The van der Waals surface area contributed by atoms with Crippen molar-refractivity contribution in [2.45, 2.75) is 70.7 Å². The Hall–Kier alpha value is -4.18. The van der Waals surface area contributed by atoms with E-state index < -0.39 is 11.7 Å². The van der Waals surface area contributed by atoms with Gasteiger partial charge in [0.1, 0.15) is 11.5 Å². The number of nitrogens with zero attached hydrogens (tertiary/aromatic N) is 3. The van der Waals surface area contributed by atoms with E-state index in [-0.39, 0.29) is 23.5 Å². The number of aromatic nitrogens is 2. The van der Waals surface area contributed by atoms with Gasteiger partial charge in [0.25, 0.3) is 5.91 Å². The van der Waals surface area contributed by atoms with Crippen molar-refractivity contribution in [3.63, 3.8) is 0 Å². The van der Waals surface area contributed by atoms with E-state index in [0.717, 1.165) is 79.4 Å². The van der Waals surface area contributed by atoms with E-state index in [1.807, 2.05) is 34.8 Å². The van der Waals surface area contributed by atoms with Gasteiger partial charge in [-0.15, -0.1) is 0 Å². The van der Waals surface area contributed by atoms with Gasteiger partial charge in [0.05, 0.1) is 17.2 Å². The minimum atomic E-state index is -4.40. The van der Waals surface area contributed by atoms with Crippen LogP contribution in [0.15, 0.2) is 66.9 Å². The summed E-state index contributed by atoms with van der Waals surface area (Å²) in [6, 6.07) is 15.0. The molecular formula is C36H38F3N3O4. The van der Waals surface area contributed by atoms with E-state index in [0.29, 0.717) is 36.7 Å². The number of benzene rings is 3. The van der Waals surface area contributed by atoms with Crippen molar-refractivity contribution in [3.8, 4) is 11.5 Å². The number of carbonyl (C=O) groups is 2. The fourth-order valence-corrected chi connectivity index (χ4v) is 6.42. The number of Topliss-reactive ketones (excluding diaryl/α,β-unsaturated/α-hetero) is 1. The number of rotatable bonds is 9. The molecule has 0 N–H and O–H groups in total. The fourth-order valence-electron chi connectivity index (χ4n) is 6.42. The quantitative estimate of drug-likeness (QED) is 0.174. The number of hydrogen-bond donors (Lipinski definition) is 0. The molecule has 1 atom stereocenters. The highest BCUT2D eigenvalue weighted by Crippen LogP contribution is 2.32. The maximum atomic E-state index is 13.2. The molecular weight excluding hydrogens is 595 g/mol. The third-order valence-electron chi connectivity index (χ3n) is 9.14. The monoisotopic (exact) mass is 633 g/mol. The molecule has 0 radical (unpaired) electrons. The molecule has 1 amide bonds. The van der Waals surface area contributed by atoms with E-state index in [1.54, 1.807) is 24.3 Å². The van der Waals surface area contributed by atoms with Crippen LogP contribution in [0.25, 0.3) is 10.9 Å². The number of ether oxygens (including phenoxy) is 2. The second-order valence-electron chi connectivity index (χ2n) is 12.4. The molecule has 0 spiro atoms. The lowest BCUT2D eigenvalue weighted by atomic mass is 9.96. The van der Waals surface area contributed by atoms with Gasteiger partial charge in [-0.25, -0.2) is 0 Å². The Morgan fingerprint density at radius 2 is 1.63 bits per heavy atom. The molecule has 4 aromatic rings. The van der Waals surface area contributed by atoms with Crippen LogP contribution < -0.4 is 4.74 Å². The van der Waals surface area contributed by atoms with Crippen molar-refractivity contribution in [1.29, 1.82) is 0 Å². The van der Waals surface area contributed by atoms with Crippen molar-refractivity contribution in [2.24, 2.45) is 5.92 Å². The van der Waals surface area contributed by atoms with Crippen LogP contribution in [0.1, 0.15) is 76.8 Å². The predicted molar refractivity (Wildman–Crippen MR) is 168 cm³/mol. The number of alkyl halides is 3. The van der Waals surface area contributed by atoms with Gasteiger partial charge in [0, 0.05) is 55.4 Å². The van der Waals surface area contributed by atoms with Crippen LogP contribution in [0.5, 0.6) is 11.5 Å². The molecule has 0 saturated carbocycles. The van der Waals surface area contributed by atoms with E-state index in [4.69, 9.17) is 14.6 Å². The van der Waals surface area contributed by atoms with Gasteiger partial charge in [-0.05, 0) is 118 Å². The molecule has 46 heavy (non-hydrogen) atoms. The van der Waals surface area contributed by atoms with Crippen molar-refractivity contribution in [1.82, 2.24) is 14.7 Å². The summed E-state index contributed by atoms with van der Waals surface area (Å²) in [7, 11) is 0. The summed E-state index contributed by atoms with van der Waals surface area (Å²) in [5, 5.41) is 5.78. The molecule has 1 aromatic heterocycles. The van der Waals surface area contributed by atoms with Gasteiger partial charge in [-0.1, -0.05) is 0 Å². The second-order valence-corrected chi connectivity index (χ2v) is 12.4. The Morgan fingerprint density at radius 3 is 2.28 bits per heavy atom. The molecule has 0 bridgehead atoms. The summed E-state index contributed by atoms with van der Waals surface area (Å²) in [6.45, 7) is 4.80. The van der Waals surface area contributed by atoms with E-state index in [1.165, 1.54) is 18.6 Å². The normalized spacial score (nSPS) is 17.7. The Kier molecular flexibility index (Phi) is 9.44. The molecule has 2 aliphatic heterocycles. The summed E-state index contributed by atoms with van der Waals surface area (Å²) >= 11 is 0. The highest BCUT2D eigenvalue weighted by atomic mass is 19.4. The summed E-state index contributed by atoms with van der Waals surface area (Å²) in [5.41, 5.74) is 2.39. The third kappa shape index (κ3) is 7.44. The molecule has 0 unspecified atom stereocenters. The molecule has 242 valence electrons. The maximum Gasteiger partial charge on any atom is 0.416 e. The van der Waals surface area contributed by atoms with E-state index >= 15 is 0 Å². The zero-order chi connectivity index (χ0) is 32.3. The number of hydrogen-bond acceptors (Lipinski definition) is 5. The van der Waals surface area contributed by atoms with E-state index in [2.05, 4.69) is 0 Å². The van der Waals surface area contributed by atoms with Crippen LogP contribution >= 0.6 is 0 Å². The number of halogens is 3. The van der Waals surface area contributed by atoms with E-state index in [9.17, 15) is 22.8 Å². The highest BCUT2D eigenvalue weighted by Gasteiger charge is 2.30. The zero-order valence-corrected chi connectivity index (χ0v) is 25.9. The van der Waals surface area contributed by atoms with Gasteiger partial charge >= 0.3 is 6.18 Å². The second kappa shape index (κ2) is 13.7. The van der Waals surface area contributed by atoms with Gasteiger partial charge in [0.15, 0.2) is 5.78 Å². The van der Waals surface area contributed by atoms with Crippen molar-refractivity contribution < 1.29 is 32.2 Å². The minimum absolute atomic E-state index is 0.0628. The molecule has 2 aliphatic rings. The minimum Gasteiger partial charge on any atom is -0.457 e. The lowest BCUT2D eigenvalue weighted by molar-refractivity contribution is -0.137. The largest absolute Gasteiger partial charge is 0.457 e. The van der Waals surface area contributed by atoms with Gasteiger partial charge in [-0.3, -0.25) is 14.3 Å². The number of likely N-dealkylation sites (tertiary alicyclic amines) is 1.